The van der Waals surface area contributed by atoms with Gasteiger partial charge in [-0.3, -0.25) is 4.98 Å². The van der Waals surface area contributed by atoms with Gasteiger partial charge in [-0.1, -0.05) is 29.3 Å². The Bertz CT molecular complexity index is 1480. The van der Waals surface area contributed by atoms with Crippen LogP contribution in [0.3, 0.4) is 0 Å². The maximum absolute atomic E-state index is 15.0. The van der Waals surface area contributed by atoms with Crippen molar-refractivity contribution in [3.63, 3.8) is 0 Å². The lowest BCUT2D eigenvalue weighted by Crippen LogP contribution is -2.31. The van der Waals surface area contributed by atoms with Crippen molar-refractivity contribution in [3.05, 3.63) is 82.5 Å². The van der Waals surface area contributed by atoms with Gasteiger partial charge >= 0.3 is 6.03 Å². The predicted molar refractivity (Wildman–Crippen MR) is 144 cm³/mol. The fourth-order valence-corrected chi connectivity index (χ4v) is 3.79. The Morgan fingerprint density at radius 2 is 2.00 bits per heavy atom. The van der Waals surface area contributed by atoms with Crippen molar-refractivity contribution in [2.24, 2.45) is 10.8 Å². The van der Waals surface area contributed by atoms with Crippen LogP contribution < -0.4 is 15.5 Å². The minimum Gasteiger partial charge on any atom is -0.454 e. The molecule has 2 amide bonds. The molecular formula is C25H23Cl2FN8O2. The summed E-state index contributed by atoms with van der Waals surface area (Å²) < 4.78 is 22.6. The van der Waals surface area contributed by atoms with Gasteiger partial charge in [-0.2, -0.15) is 10.1 Å². The summed E-state index contributed by atoms with van der Waals surface area (Å²) in [4.78, 5) is 18.4. The summed E-state index contributed by atoms with van der Waals surface area (Å²) in [7, 11) is 3.95. The van der Waals surface area contributed by atoms with Crippen molar-refractivity contribution in [2.75, 3.05) is 25.6 Å². The smallest absolute Gasteiger partial charge is 0.340 e. The third-order valence-corrected chi connectivity index (χ3v) is 5.80. The zero-order valence-corrected chi connectivity index (χ0v) is 21.9. The number of nitrogens with two attached hydrogens (primary N) is 1. The number of halogens is 3. The molecule has 10 nitrogen and oxygen atoms in total. The minimum atomic E-state index is -0.920. The van der Waals surface area contributed by atoms with Gasteiger partial charge < -0.3 is 19.9 Å². The minimum absolute atomic E-state index is 0.0749. The van der Waals surface area contributed by atoms with Crippen LogP contribution in [0.4, 0.5) is 14.9 Å². The van der Waals surface area contributed by atoms with E-state index in [-0.39, 0.29) is 11.4 Å². The number of urea groups is 1. The number of hydrazone groups is 1. The highest BCUT2D eigenvalue weighted by Gasteiger charge is 2.16. The van der Waals surface area contributed by atoms with Crippen LogP contribution in [0.5, 0.6) is 11.5 Å². The number of rotatable bonds is 9. The predicted octanol–water partition coefficient (Wildman–Crippen LogP) is 5.06. The van der Waals surface area contributed by atoms with Gasteiger partial charge in [0, 0.05) is 42.0 Å². The number of nitrogens with zero attached hydrogens (tertiary/aromatic N) is 7. The van der Waals surface area contributed by atoms with Gasteiger partial charge in [0.15, 0.2) is 17.4 Å². The molecule has 0 aliphatic carbocycles. The molecule has 2 N–H and O–H groups in total. The van der Waals surface area contributed by atoms with E-state index < -0.39 is 11.8 Å². The Balaban J connectivity index is 1.53. The molecule has 2 aromatic heterocycles. The van der Waals surface area contributed by atoms with Crippen molar-refractivity contribution in [1.29, 1.82) is 0 Å². The van der Waals surface area contributed by atoms with Crippen molar-refractivity contribution in [3.8, 4) is 23.0 Å². The quantitative estimate of drug-likeness (QED) is 0.227. The van der Waals surface area contributed by atoms with Crippen molar-refractivity contribution in [1.82, 2.24) is 24.6 Å². The van der Waals surface area contributed by atoms with Crippen molar-refractivity contribution in [2.45, 2.75) is 6.54 Å². The average Bonchev–Trinajstić information content (AvgIpc) is 3.34. The Morgan fingerprint density at radius 1 is 1.18 bits per heavy atom. The molecule has 0 fully saturated rings. The van der Waals surface area contributed by atoms with Gasteiger partial charge in [0.1, 0.15) is 17.8 Å². The zero-order chi connectivity index (χ0) is 27.2. The summed E-state index contributed by atoms with van der Waals surface area (Å²) in [5, 5.41) is 13.8. The maximum atomic E-state index is 15.0. The van der Waals surface area contributed by atoms with Crippen LogP contribution in [0.2, 0.25) is 10.0 Å². The molecule has 0 unspecified atom stereocenters. The van der Waals surface area contributed by atoms with E-state index in [0.717, 1.165) is 17.6 Å². The summed E-state index contributed by atoms with van der Waals surface area (Å²) in [6, 6.07) is 11.0. The number of hydrogen-bond acceptors (Lipinski definition) is 7. The van der Waals surface area contributed by atoms with Gasteiger partial charge in [0.25, 0.3) is 0 Å². The van der Waals surface area contributed by atoms with E-state index in [0.29, 0.717) is 39.4 Å². The largest absolute Gasteiger partial charge is 0.454 e. The molecule has 38 heavy (non-hydrogen) atoms. The lowest BCUT2D eigenvalue weighted by atomic mass is 10.2. The standard InChI is InChI=1S/C25H23Cl2FN8O2/c1-34(2)9-10-35-15-31-33-24(35)22-13-19(7-8-30-22)38-23-6-5-18(12-21(23)28)36(25(29)37)32-14-16-3-4-17(26)11-20(16)27/h3-8,11-15H,9-10H2,1-2H3,(H2,29,37)/b32-14+. The van der Waals surface area contributed by atoms with E-state index in [1.165, 1.54) is 30.6 Å². The Kier molecular flexibility index (Phi) is 8.52. The zero-order valence-electron chi connectivity index (χ0n) is 20.4. The molecule has 0 aliphatic heterocycles. The molecule has 0 saturated heterocycles. The second-order valence-corrected chi connectivity index (χ2v) is 9.15. The summed E-state index contributed by atoms with van der Waals surface area (Å²) in [6.45, 7) is 1.46. The molecule has 13 heteroatoms. The van der Waals surface area contributed by atoms with Crippen LogP contribution in [-0.4, -0.2) is 57.5 Å². The number of carbonyl (C=O) groups is 1. The Labute approximate surface area is 228 Å². The molecule has 0 atom stereocenters. The second-order valence-electron chi connectivity index (χ2n) is 8.31. The normalized spacial score (nSPS) is 11.3. The van der Waals surface area contributed by atoms with E-state index in [1.807, 2.05) is 23.6 Å². The summed E-state index contributed by atoms with van der Waals surface area (Å²) >= 11 is 12.0. The molecule has 0 radical (unpaired) electrons. The van der Waals surface area contributed by atoms with Gasteiger partial charge in [-0.05, 0) is 44.4 Å². The molecular weight excluding hydrogens is 534 g/mol. The third-order valence-electron chi connectivity index (χ3n) is 5.24. The van der Waals surface area contributed by atoms with Crippen molar-refractivity contribution < 1.29 is 13.9 Å². The summed E-state index contributed by atoms with van der Waals surface area (Å²) in [5.74, 6) is 0.0879. The number of ether oxygens (including phenoxy) is 1. The number of primary amides is 1. The van der Waals surface area contributed by atoms with E-state index in [1.54, 1.807) is 30.6 Å². The average molecular weight is 557 g/mol. The number of aromatic nitrogens is 4. The van der Waals surface area contributed by atoms with E-state index in [4.69, 9.17) is 33.7 Å². The highest BCUT2D eigenvalue weighted by atomic mass is 35.5. The van der Waals surface area contributed by atoms with Gasteiger partial charge in [-0.25, -0.2) is 9.18 Å². The number of pyridine rings is 1. The number of hydrogen-bond donors (Lipinski definition) is 1. The second kappa shape index (κ2) is 12.0. The van der Waals surface area contributed by atoms with Crippen LogP contribution in [-0.2, 0) is 6.54 Å². The number of amides is 2. The van der Waals surface area contributed by atoms with Crippen LogP contribution in [0, 0.1) is 5.82 Å². The topological polar surface area (TPSA) is 115 Å². The molecule has 2 aromatic carbocycles. The first-order valence-electron chi connectivity index (χ1n) is 11.3. The molecule has 196 valence electrons. The molecule has 2 heterocycles. The number of likely N-dealkylation sites (N-methyl/N-ethyl adjacent to an activating group) is 1. The monoisotopic (exact) mass is 556 g/mol. The van der Waals surface area contributed by atoms with Crippen LogP contribution >= 0.6 is 23.2 Å². The fraction of sp³-hybridized carbons (Fsp3) is 0.160. The molecule has 4 rings (SSSR count). The lowest BCUT2D eigenvalue weighted by Gasteiger charge is -2.16. The summed E-state index contributed by atoms with van der Waals surface area (Å²) in [6.07, 6.45) is 4.48. The Hall–Kier alpha value is -4.06. The molecule has 4 aromatic rings. The first-order chi connectivity index (χ1) is 18.2. The molecule has 0 spiro atoms. The molecule has 0 saturated carbocycles. The number of benzene rings is 2. The van der Waals surface area contributed by atoms with Gasteiger partial charge in [-0.15, -0.1) is 10.2 Å². The highest BCUT2D eigenvalue weighted by Crippen LogP contribution is 2.30. The van der Waals surface area contributed by atoms with Crippen LogP contribution in [0.1, 0.15) is 5.56 Å². The van der Waals surface area contributed by atoms with E-state index in [9.17, 15) is 4.79 Å². The van der Waals surface area contributed by atoms with Gasteiger partial charge in [0.2, 0.25) is 0 Å². The van der Waals surface area contributed by atoms with Crippen LogP contribution in [0.15, 0.2) is 66.2 Å². The van der Waals surface area contributed by atoms with E-state index >= 15 is 4.39 Å². The SMILES string of the molecule is CN(C)CCn1cnnc1-c1cc(Oc2ccc(N(/N=C/c3ccc(Cl)cc3Cl)C(N)=O)cc2F)ccn1. The fourth-order valence-electron chi connectivity index (χ4n) is 3.33. The Morgan fingerprint density at radius 3 is 2.71 bits per heavy atom. The number of carbonyl (C=O) groups excluding carboxylic acids is 1. The van der Waals surface area contributed by atoms with Crippen LogP contribution in [0.25, 0.3) is 11.5 Å². The highest BCUT2D eigenvalue weighted by molar-refractivity contribution is 6.36. The van der Waals surface area contributed by atoms with Gasteiger partial charge in [0.05, 0.1) is 16.9 Å². The number of anilines is 1. The first kappa shape index (κ1) is 27.0. The molecule has 0 aliphatic rings. The third kappa shape index (κ3) is 6.62. The first-order valence-corrected chi connectivity index (χ1v) is 12.0. The lowest BCUT2D eigenvalue weighted by molar-refractivity contribution is 0.254. The maximum Gasteiger partial charge on any atom is 0.340 e. The van der Waals surface area contributed by atoms with Crippen molar-refractivity contribution >= 4 is 41.1 Å². The molecule has 0 bridgehead atoms. The summed E-state index contributed by atoms with van der Waals surface area (Å²) in [5.41, 5.74) is 6.57. The van der Waals surface area contributed by atoms with E-state index in [2.05, 4.69) is 20.3 Å².